The van der Waals surface area contributed by atoms with Crippen LogP contribution in [0.2, 0.25) is 14.4 Å². The molecule has 0 fully saturated rings. The highest BCUT2D eigenvalue weighted by Gasteiger charge is 2.18. The standard InChI is InChI=1S/C16H14Cl3N5OS2/c1-23(7-10-3-5-13(19)27-10)14(25)8-26-16-22-21-15(24(16)20)11-6-9(17)2-4-12(11)18/h2-6H,7-8,20H2,1H3. The molecule has 27 heavy (non-hydrogen) atoms. The van der Waals surface area contributed by atoms with Gasteiger partial charge in [0.2, 0.25) is 11.1 Å². The van der Waals surface area contributed by atoms with Gasteiger partial charge < -0.3 is 10.7 Å². The summed E-state index contributed by atoms with van der Waals surface area (Å²) in [7, 11) is 1.74. The van der Waals surface area contributed by atoms with Crippen LogP contribution in [0.15, 0.2) is 35.5 Å². The molecule has 2 N–H and O–H groups in total. The number of hydrogen-bond acceptors (Lipinski definition) is 6. The minimum absolute atomic E-state index is 0.0603. The Kier molecular flexibility index (Phi) is 6.54. The van der Waals surface area contributed by atoms with Crippen molar-refractivity contribution in [3.05, 3.63) is 49.6 Å². The predicted octanol–water partition coefficient (Wildman–Crippen LogP) is 4.43. The predicted molar refractivity (Wildman–Crippen MR) is 112 cm³/mol. The van der Waals surface area contributed by atoms with E-state index >= 15 is 0 Å². The van der Waals surface area contributed by atoms with Crippen LogP contribution < -0.4 is 5.84 Å². The molecule has 0 unspecified atom stereocenters. The summed E-state index contributed by atoms with van der Waals surface area (Å²) < 4.78 is 2.00. The largest absolute Gasteiger partial charge is 0.340 e. The van der Waals surface area contributed by atoms with E-state index in [0.29, 0.717) is 37.5 Å². The van der Waals surface area contributed by atoms with Gasteiger partial charge in [-0.3, -0.25) is 4.79 Å². The fourth-order valence-corrected chi connectivity index (χ4v) is 4.54. The minimum atomic E-state index is -0.0603. The molecule has 2 aromatic heterocycles. The van der Waals surface area contributed by atoms with Crippen molar-refractivity contribution in [2.75, 3.05) is 18.6 Å². The van der Waals surface area contributed by atoms with E-state index in [1.165, 1.54) is 27.8 Å². The van der Waals surface area contributed by atoms with Gasteiger partial charge in [-0.25, -0.2) is 4.68 Å². The van der Waals surface area contributed by atoms with Gasteiger partial charge in [-0.15, -0.1) is 21.5 Å². The molecule has 0 saturated carbocycles. The number of carbonyl (C=O) groups is 1. The van der Waals surface area contributed by atoms with Gasteiger partial charge in [-0.1, -0.05) is 46.6 Å². The van der Waals surface area contributed by atoms with Crippen molar-refractivity contribution in [2.45, 2.75) is 11.7 Å². The zero-order valence-corrected chi connectivity index (χ0v) is 17.9. The maximum atomic E-state index is 12.4. The molecule has 0 aliphatic rings. The molecule has 6 nitrogen and oxygen atoms in total. The first kappa shape index (κ1) is 20.3. The van der Waals surface area contributed by atoms with Crippen LogP contribution in [0.25, 0.3) is 11.4 Å². The normalized spacial score (nSPS) is 11.0. The topological polar surface area (TPSA) is 77.0 Å². The van der Waals surface area contributed by atoms with E-state index < -0.39 is 0 Å². The molecule has 0 spiro atoms. The molecule has 1 amide bonds. The highest BCUT2D eigenvalue weighted by atomic mass is 35.5. The van der Waals surface area contributed by atoms with E-state index in [0.717, 1.165) is 4.88 Å². The maximum Gasteiger partial charge on any atom is 0.233 e. The number of aromatic nitrogens is 3. The van der Waals surface area contributed by atoms with Crippen LogP contribution in [-0.4, -0.2) is 38.5 Å². The minimum Gasteiger partial charge on any atom is -0.340 e. The van der Waals surface area contributed by atoms with Crippen molar-refractivity contribution >= 4 is 63.8 Å². The summed E-state index contributed by atoms with van der Waals surface area (Å²) in [4.78, 5) is 15.0. The molecular formula is C16H14Cl3N5OS2. The zero-order valence-electron chi connectivity index (χ0n) is 14.0. The van der Waals surface area contributed by atoms with Crippen LogP contribution in [0, 0.1) is 0 Å². The van der Waals surface area contributed by atoms with Crippen molar-refractivity contribution in [2.24, 2.45) is 0 Å². The Bertz CT molecular complexity index is 975. The quantitative estimate of drug-likeness (QED) is 0.433. The molecule has 0 saturated heterocycles. The third-order valence-electron chi connectivity index (χ3n) is 3.61. The number of carbonyl (C=O) groups excluding carboxylic acids is 1. The van der Waals surface area contributed by atoms with Gasteiger partial charge in [-0.05, 0) is 30.3 Å². The number of nitrogens with two attached hydrogens (primary N) is 1. The Balaban J connectivity index is 1.65. The number of nitrogen functional groups attached to an aromatic ring is 1. The summed E-state index contributed by atoms with van der Waals surface area (Å²) in [6.07, 6.45) is 0. The summed E-state index contributed by atoms with van der Waals surface area (Å²) >= 11 is 20.8. The highest BCUT2D eigenvalue weighted by Crippen LogP contribution is 2.30. The number of benzene rings is 1. The van der Waals surface area contributed by atoms with Gasteiger partial charge in [0.1, 0.15) is 0 Å². The highest BCUT2D eigenvalue weighted by molar-refractivity contribution is 7.99. The molecule has 1 aromatic carbocycles. The van der Waals surface area contributed by atoms with Crippen LogP contribution in [0.5, 0.6) is 0 Å². The number of hydrogen-bond donors (Lipinski definition) is 1. The molecule has 3 aromatic rings. The lowest BCUT2D eigenvalue weighted by Gasteiger charge is -2.15. The summed E-state index contributed by atoms with van der Waals surface area (Å²) in [5.74, 6) is 6.56. The van der Waals surface area contributed by atoms with E-state index in [-0.39, 0.29) is 11.7 Å². The Morgan fingerprint density at radius 1 is 1.26 bits per heavy atom. The Morgan fingerprint density at radius 2 is 2.04 bits per heavy atom. The van der Waals surface area contributed by atoms with E-state index in [1.807, 2.05) is 12.1 Å². The summed E-state index contributed by atoms with van der Waals surface area (Å²) in [6, 6.07) is 8.72. The van der Waals surface area contributed by atoms with Crippen LogP contribution in [0.3, 0.4) is 0 Å². The second-order valence-corrected chi connectivity index (χ2v) is 9.13. The number of nitrogens with zero attached hydrogens (tertiary/aromatic N) is 4. The number of thioether (sulfide) groups is 1. The fourth-order valence-electron chi connectivity index (χ4n) is 2.22. The van der Waals surface area contributed by atoms with Crippen molar-refractivity contribution in [1.82, 2.24) is 19.8 Å². The van der Waals surface area contributed by atoms with Gasteiger partial charge in [0, 0.05) is 22.5 Å². The van der Waals surface area contributed by atoms with Gasteiger partial charge in [-0.2, -0.15) is 0 Å². The van der Waals surface area contributed by atoms with Gasteiger partial charge in [0.25, 0.3) is 0 Å². The molecule has 0 bridgehead atoms. The number of halogens is 3. The van der Waals surface area contributed by atoms with E-state index in [2.05, 4.69) is 10.2 Å². The fraction of sp³-hybridized carbons (Fsp3) is 0.188. The smallest absolute Gasteiger partial charge is 0.233 e. The number of amides is 1. The van der Waals surface area contributed by atoms with Crippen molar-refractivity contribution in [1.29, 1.82) is 0 Å². The first-order valence-corrected chi connectivity index (χ1v) is 10.6. The molecule has 0 radical (unpaired) electrons. The first-order valence-electron chi connectivity index (χ1n) is 7.62. The van der Waals surface area contributed by atoms with E-state index in [9.17, 15) is 4.79 Å². The zero-order chi connectivity index (χ0) is 19.6. The van der Waals surface area contributed by atoms with Crippen molar-refractivity contribution in [3.8, 4) is 11.4 Å². The summed E-state index contributed by atoms with van der Waals surface area (Å²) in [6.45, 7) is 0.496. The van der Waals surface area contributed by atoms with Crippen LogP contribution >= 0.6 is 57.9 Å². The molecule has 0 aliphatic carbocycles. The summed E-state index contributed by atoms with van der Waals surface area (Å²) in [5.41, 5.74) is 0.573. The lowest BCUT2D eigenvalue weighted by atomic mass is 10.2. The van der Waals surface area contributed by atoms with Crippen molar-refractivity contribution < 1.29 is 4.79 Å². The molecule has 11 heteroatoms. The third kappa shape index (κ3) is 4.89. The van der Waals surface area contributed by atoms with Crippen LogP contribution in [0.1, 0.15) is 4.88 Å². The summed E-state index contributed by atoms with van der Waals surface area (Å²) in [5, 5.41) is 9.49. The van der Waals surface area contributed by atoms with Crippen molar-refractivity contribution in [3.63, 3.8) is 0 Å². The third-order valence-corrected chi connectivity index (χ3v) is 6.31. The average molecular weight is 463 g/mol. The van der Waals surface area contributed by atoms with E-state index in [4.69, 9.17) is 40.6 Å². The Labute approximate surface area is 179 Å². The number of thiophene rings is 1. The van der Waals surface area contributed by atoms with Crippen LogP contribution in [-0.2, 0) is 11.3 Å². The molecular weight excluding hydrogens is 449 g/mol. The Hall–Kier alpha value is -1.45. The van der Waals surface area contributed by atoms with Crippen LogP contribution in [0.4, 0.5) is 0 Å². The molecule has 142 valence electrons. The first-order chi connectivity index (χ1) is 12.8. The van der Waals surface area contributed by atoms with Gasteiger partial charge in [0.05, 0.1) is 21.7 Å². The number of rotatable bonds is 6. The lowest BCUT2D eigenvalue weighted by molar-refractivity contribution is -0.127. The van der Waals surface area contributed by atoms with Gasteiger partial charge in [0.15, 0.2) is 5.82 Å². The molecule has 0 atom stereocenters. The lowest BCUT2D eigenvalue weighted by Crippen LogP contribution is -2.27. The average Bonchev–Trinajstić information content (AvgIpc) is 3.20. The Morgan fingerprint density at radius 3 is 2.74 bits per heavy atom. The second-order valence-electron chi connectivity index (χ2n) is 5.54. The molecule has 2 heterocycles. The maximum absolute atomic E-state index is 12.4. The molecule has 0 aliphatic heterocycles. The van der Waals surface area contributed by atoms with E-state index in [1.54, 1.807) is 30.1 Å². The van der Waals surface area contributed by atoms with Gasteiger partial charge >= 0.3 is 0 Å². The molecule has 3 rings (SSSR count). The second kappa shape index (κ2) is 8.70. The SMILES string of the molecule is CN(Cc1ccc(Cl)s1)C(=O)CSc1nnc(-c2cc(Cl)ccc2Cl)n1N. The monoisotopic (exact) mass is 461 g/mol.